The molecule has 2 aromatic heterocycles. The van der Waals surface area contributed by atoms with Crippen LogP contribution >= 0.6 is 11.3 Å². The van der Waals surface area contributed by atoms with Crippen LogP contribution in [-0.4, -0.2) is 11.4 Å². The van der Waals surface area contributed by atoms with Gasteiger partial charge in [0.1, 0.15) is 0 Å². The van der Waals surface area contributed by atoms with Crippen LogP contribution in [0.1, 0.15) is 114 Å². The second-order valence-corrected chi connectivity index (χ2v) is 23.4. The highest BCUT2D eigenvalue weighted by Crippen LogP contribution is 2.57. The Balaban J connectivity index is 1.26. The van der Waals surface area contributed by atoms with Gasteiger partial charge in [0.15, 0.2) is 0 Å². The summed E-state index contributed by atoms with van der Waals surface area (Å²) in [5.41, 5.74) is 21.4. The van der Waals surface area contributed by atoms with Crippen LogP contribution in [0.3, 0.4) is 0 Å². The molecule has 0 saturated heterocycles. The monoisotopic (exact) mass is 822 g/mol. The minimum absolute atomic E-state index is 0.0323. The fourth-order valence-corrected chi connectivity index (χ4v) is 14.4. The number of aryl methyl sites for hydroxylation is 2. The maximum Gasteiger partial charge on any atom is 0.333 e. The standard InChI is InChI=1S/C58H55BN2S/c1-32-15-18-34(19-16-32)61-52-37(21-24-46-49(52)38-20-22-40-50(54(38)62-46)58(9,10)28-27-55(40,3)4)47-35-13-11-12-14-36(35)48-39-30-41-42(57(7,8)26-25-56(41,5)6)31-45(39)60-44-23-17-33(2)29-43(44)59(61)51(47)53(48)60/h11-24,29-31H,25-28H2,1-10H3. The van der Waals surface area contributed by atoms with E-state index in [0.717, 1.165) is 0 Å². The first-order valence-corrected chi connectivity index (χ1v) is 24.0. The van der Waals surface area contributed by atoms with Gasteiger partial charge in [-0.05, 0) is 147 Å². The molecule has 4 heterocycles. The molecule has 4 heteroatoms. The van der Waals surface area contributed by atoms with Crippen LogP contribution in [0.15, 0.2) is 103 Å². The third-order valence-electron chi connectivity index (χ3n) is 16.6. The van der Waals surface area contributed by atoms with Gasteiger partial charge in [0.25, 0.3) is 0 Å². The van der Waals surface area contributed by atoms with E-state index < -0.39 is 0 Å². The smallest absolute Gasteiger partial charge is 0.333 e. The Morgan fingerprint density at radius 1 is 0.565 bits per heavy atom. The van der Waals surface area contributed by atoms with Crippen molar-refractivity contribution in [3.63, 3.8) is 0 Å². The van der Waals surface area contributed by atoms with Gasteiger partial charge in [-0.2, -0.15) is 0 Å². The van der Waals surface area contributed by atoms with Gasteiger partial charge < -0.3 is 9.38 Å². The van der Waals surface area contributed by atoms with Gasteiger partial charge in [-0.1, -0.05) is 133 Å². The van der Waals surface area contributed by atoms with Gasteiger partial charge in [0, 0.05) is 53.6 Å². The molecule has 9 aromatic rings. The molecule has 62 heavy (non-hydrogen) atoms. The lowest BCUT2D eigenvalue weighted by Gasteiger charge is -2.43. The van der Waals surface area contributed by atoms with Crippen LogP contribution in [0.5, 0.6) is 0 Å². The third kappa shape index (κ3) is 4.62. The fraction of sp³-hybridized carbons (Fsp3) is 0.310. The maximum atomic E-state index is 2.78. The molecular formula is C58H55BN2S. The molecule has 0 N–H and O–H groups in total. The number of nitrogens with zero attached hydrogens (tertiary/aromatic N) is 2. The molecule has 0 bridgehead atoms. The van der Waals surface area contributed by atoms with Crippen LogP contribution < -0.4 is 15.7 Å². The van der Waals surface area contributed by atoms with Crippen LogP contribution in [0.4, 0.5) is 11.4 Å². The summed E-state index contributed by atoms with van der Waals surface area (Å²) in [6.07, 6.45) is 4.81. The summed E-state index contributed by atoms with van der Waals surface area (Å²) in [5, 5.41) is 8.31. The third-order valence-corrected chi connectivity index (χ3v) is 17.8. The highest BCUT2D eigenvalue weighted by molar-refractivity contribution is 7.26. The van der Waals surface area contributed by atoms with Crippen molar-refractivity contribution in [1.29, 1.82) is 0 Å². The van der Waals surface area contributed by atoms with Crippen molar-refractivity contribution in [3.05, 3.63) is 137 Å². The number of hydrogen-bond acceptors (Lipinski definition) is 2. The number of fused-ring (bicyclic) bond motifs is 18. The number of thiophene rings is 1. The number of rotatable bonds is 1. The molecule has 2 aliphatic carbocycles. The minimum Gasteiger partial charge on any atom is -0.376 e. The molecule has 4 aliphatic rings. The van der Waals surface area contributed by atoms with Gasteiger partial charge >= 0.3 is 6.85 Å². The van der Waals surface area contributed by atoms with Gasteiger partial charge in [-0.15, -0.1) is 11.3 Å². The second kappa shape index (κ2) is 11.8. The minimum atomic E-state index is -0.0323. The largest absolute Gasteiger partial charge is 0.376 e. The van der Waals surface area contributed by atoms with E-state index in [9.17, 15) is 0 Å². The summed E-state index contributed by atoms with van der Waals surface area (Å²) >= 11 is 2.03. The van der Waals surface area contributed by atoms with Crippen LogP contribution in [-0.2, 0) is 21.7 Å². The molecule has 0 radical (unpaired) electrons. The van der Waals surface area contributed by atoms with E-state index >= 15 is 0 Å². The molecule has 306 valence electrons. The maximum absolute atomic E-state index is 2.78. The van der Waals surface area contributed by atoms with Gasteiger partial charge in [0.2, 0.25) is 0 Å². The fourth-order valence-electron chi connectivity index (χ4n) is 13.0. The summed E-state index contributed by atoms with van der Waals surface area (Å²) in [4.78, 5) is 2.78. The van der Waals surface area contributed by atoms with Crippen LogP contribution in [0.25, 0.3) is 69.6 Å². The van der Waals surface area contributed by atoms with Crippen molar-refractivity contribution >= 4 is 93.2 Å². The van der Waals surface area contributed by atoms with Crippen molar-refractivity contribution in [2.45, 2.75) is 117 Å². The van der Waals surface area contributed by atoms with E-state index in [1.54, 1.807) is 5.56 Å². The van der Waals surface area contributed by atoms with E-state index in [1.165, 1.54) is 145 Å². The van der Waals surface area contributed by atoms with E-state index in [1.807, 2.05) is 11.3 Å². The summed E-state index contributed by atoms with van der Waals surface area (Å²) in [6.45, 7) is 24.3. The molecule has 7 aromatic carbocycles. The number of anilines is 2. The van der Waals surface area contributed by atoms with Crippen molar-refractivity contribution < 1.29 is 0 Å². The first-order valence-electron chi connectivity index (χ1n) is 23.1. The van der Waals surface area contributed by atoms with Crippen LogP contribution in [0.2, 0.25) is 0 Å². The number of aromatic nitrogens is 1. The Morgan fingerprint density at radius 2 is 1.23 bits per heavy atom. The molecule has 0 spiro atoms. The zero-order valence-corrected chi connectivity index (χ0v) is 38.8. The van der Waals surface area contributed by atoms with Crippen molar-refractivity contribution in [2.24, 2.45) is 0 Å². The lowest BCUT2D eigenvalue weighted by molar-refractivity contribution is 0.332. The Bertz CT molecular complexity index is 3500. The average molecular weight is 823 g/mol. The van der Waals surface area contributed by atoms with E-state index in [0.29, 0.717) is 0 Å². The Kier molecular flexibility index (Phi) is 7.10. The normalized spacial score (nSPS) is 18.7. The Labute approximate surface area is 370 Å². The van der Waals surface area contributed by atoms with E-state index in [-0.39, 0.29) is 28.5 Å². The number of hydrogen-bond donors (Lipinski definition) is 0. The first-order chi connectivity index (χ1) is 29.6. The zero-order chi connectivity index (χ0) is 42.6. The van der Waals surface area contributed by atoms with E-state index in [2.05, 4.69) is 182 Å². The molecule has 13 rings (SSSR count). The summed E-state index contributed by atoms with van der Waals surface area (Å²) in [6, 6.07) is 41.4. The van der Waals surface area contributed by atoms with Crippen LogP contribution in [0, 0.1) is 13.8 Å². The molecule has 0 saturated carbocycles. The molecule has 2 aliphatic heterocycles. The first kappa shape index (κ1) is 37.3. The molecule has 0 fully saturated rings. The summed E-state index contributed by atoms with van der Waals surface area (Å²) < 4.78 is 5.56. The highest BCUT2D eigenvalue weighted by Gasteiger charge is 2.47. The predicted octanol–water partition coefficient (Wildman–Crippen LogP) is 14.9. The van der Waals surface area contributed by atoms with Crippen molar-refractivity contribution in [3.8, 4) is 16.8 Å². The molecular weight excluding hydrogens is 768 g/mol. The lowest BCUT2D eigenvalue weighted by Crippen LogP contribution is -2.60. The molecule has 0 unspecified atom stereocenters. The lowest BCUT2D eigenvalue weighted by atomic mass is 9.43. The van der Waals surface area contributed by atoms with Crippen molar-refractivity contribution in [2.75, 3.05) is 4.81 Å². The van der Waals surface area contributed by atoms with Gasteiger partial charge in [-0.3, -0.25) is 0 Å². The van der Waals surface area contributed by atoms with E-state index in [4.69, 9.17) is 0 Å². The highest BCUT2D eigenvalue weighted by atomic mass is 32.1. The molecule has 0 atom stereocenters. The summed E-state index contributed by atoms with van der Waals surface area (Å²) in [5.74, 6) is 0. The predicted molar refractivity (Wildman–Crippen MR) is 270 cm³/mol. The average Bonchev–Trinajstić information content (AvgIpc) is 3.80. The molecule has 0 amide bonds. The summed E-state index contributed by atoms with van der Waals surface area (Å²) in [7, 11) is 0. The number of benzene rings is 7. The Morgan fingerprint density at radius 3 is 1.97 bits per heavy atom. The van der Waals surface area contributed by atoms with Crippen molar-refractivity contribution in [1.82, 2.24) is 4.57 Å². The topological polar surface area (TPSA) is 8.17 Å². The van der Waals surface area contributed by atoms with Gasteiger partial charge in [0.05, 0.1) is 11.0 Å². The SMILES string of the molecule is Cc1ccc(N2B3c4cc(C)ccc4-n4c5cc6c(cc5c5c7ccccc7c(c3c54)-c3ccc4sc5c7c(ccc5c4c32)C(C)(C)CCC7(C)C)C(C)(C)CCC6(C)C)cc1. The Hall–Kier alpha value is -5.32. The molecule has 2 nitrogen and oxygen atoms in total. The zero-order valence-electron chi connectivity index (χ0n) is 38.0. The quantitative estimate of drug-likeness (QED) is 0.150. The second-order valence-electron chi connectivity index (χ2n) is 22.3. The van der Waals surface area contributed by atoms with Gasteiger partial charge in [-0.25, -0.2) is 0 Å².